The van der Waals surface area contributed by atoms with Crippen molar-refractivity contribution in [3.05, 3.63) is 0 Å². The lowest BCUT2D eigenvalue weighted by Crippen LogP contribution is -2.34. The summed E-state index contributed by atoms with van der Waals surface area (Å²) in [4.78, 5) is 23.4. The van der Waals surface area contributed by atoms with Gasteiger partial charge >= 0.3 is 11.9 Å². The fourth-order valence-corrected chi connectivity index (χ4v) is 1.59. The molecular weight excluding hydrogens is 220 g/mol. The second-order valence-electron chi connectivity index (χ2n) is 5.24. The molecule has 0 amide bonds. The Balaban J connectivity index is 4.66. The molecule has 4 nitrogen and oxygen atoms in total. The Morgan fingerprint density at radius 2 is 1.71 bits per heavy atom. The molecule has 0 saturated heterocycles. The summed E-state index contributed by atoms with van der Waals surface area (Å²) >= 11 is 0. The van der Waals surface area contributed by atoms with Gasteiger partial charge in [-0.05, 0) is 27.2 Å². The van der Waals surface area contributed by atoms with E-state index >= 15 is 0 Å². The van der Waals surface area contributed by atoms with Crippen molar-refractivity contribution in [1.82, 2.24) is 0 Å². The fraction of sp³-hybridized carbons (Fsp3) is 0.846. The van der Waals surface area contributed by atoms with E-state index in [4.69, 9.17) is 9.47 Å². The summed E-state index contributed by atoms with van der Waals surface area (Å²) in [5.74, 6) is -1.58. The second-order valence-corrected chi connectivity index (χ2v) is 5.24. The van der Waals surface area contributed by atoms with Gasteiger partial charge in [0.05, 0.1) is 18.9 Å². The molecule has 0 rings (SSSR count). The van der Waals surface area contributed by atoms with E-state index in [0.717, 1.165) is 6.42 Å². The van der Waals surface area contributed by atoms with Gasteiger partial charge in [-0.1, -0.05) is 20.3 Å². The van der Waals surface area contributed by atoms with Crippen molar-refractivity contribution in [2.24, 2.45) is 11.8 Å². The number of hydrogen-bond donors (Lipinski definition) is 0. The minimum absolute atomic E-state index is 0.342. The van der Waals surface area contributed by atoms with Crippen LogP contribution in [0.5, 0.6) is 0 Å². The molecule has 0 bridgehead atoms. The Kier molecular flexibility index (Phi) is 6.21. The zero-order valence-electron chi connectivity index (χ0n) is 11.7. The number of rotatable bonds is 5. The summed E-state index contributed by atoms with van der Waals surface area (Å²) in [5.41, 5.74) is -0.530. The second kappa shape index (κ2) is 6.62. The summed E-state index contributed by atoms with van der Waals surface area (Å²) in [6.45, 7) is 9.11. The van der Waals surface area contributed by atoms with Crippen molar-refractivity contribution in [3.63, 3.8) is 0 Å². The Bertz CT molecular complexity index is 265. The minimum atomic E-state index is -0.530. The molecule has 2 atom stereocenters. The van der Waals surface area contributed by atoms with Crippen molar-refractivity contribution >= 4 is 11.9 Å². The molecule has 0 aromatic carbocycles. The highest BCUT2D eigenvalue weighted by Crippen LogP contribution is 2.22. The van der Waals surface area contributed by atoms with Crippen molar-refractivity contribution in [1.29, 1.82) is 0 Å². The first-order chi connectivity index (χ1) is 7.72. The number of ether oxygens (including phenoxy) is 2. The van der Waals surface area contributed by atoms with Gasteiger partial charge in [0.2, 0.25) is 0 Å². The standard InChI is InChI=1S/C13H24O4/c1-7-8-10(12(15)16-6)9(2)11(14)17-13(3,4)5/h9-10H,7-8H2,1-6H3. The number of hydrogen-bond acceptors (Lipinski definition) is 4. The van der Waals surface area contributed by atoms with Crippen LogP contribution < -0.4 is 0 Å². The molecule has 0 saturated carbocycles. The molecule has 0 aliphatic rings. The molecule has 0 aromatic rings. The molecule has 0 heterocycles. The van der Waals surface area contributed by atoms with Gasteiger partial charge in [0.15, 0.2) is 0 Å². The predicted octanol–water partition coefficient (Wildman–Crippen LogP) is 2.55. The fourth-order valence-electron chi connectivity index (χ4n) is 1.59. The Labute approximate surface area is 104 Å². The van der Waals surface area contributed by atoms with Gasteiger partial charge in [-0.2, -0.15) is 0 Å². The highest BCUT2D eigenvalue weighted by atomic mass is 16.6. The first-order valence-electron chi connectivity index (χ1n) is 6.03. The highest BCUT2D eigenvalue weighted by molar-refractivity contribution is 5.81. The van der Waals surface area contributed by atoms with Crippen molar-refractivity contribution in [3.8, 4) is 0 Å². The third kappa shape index (κ3) is 5.71. The van der Waals surface area contributed by atoms with Crippen LogP contribution in [0, 0.1) is 11.8 Å². The van der Waals surface area contributed by atoms with Gasteiger partial charge in [0.25, 0.3) is 0 Å². The molecule has 0 fully saturated rings. The van der Waals surface area contributed by atoms with Gasteiger partial charge in [-0.3, -0.25) is 9.59 Å². The molecule has 2 unspecified atom stereocenters. The molecule has 0 spiro atoms. The molecule has 0 aliphatic carbocycles. The van der Waals surface area contributed by atoms with Crippen LogP contribution in [0.15, 0.2) is 0 Å². The van der Waals surface area contributed by atoms with E-state index in [1.54, 1.807) is 6.92 Å². The van der Waals surface area contributed by atoms with Crippen molar-refractivity contribution in [2.75, 3.05) is 7.11 Å². The van der Waals surface area contributed by atoms with E-state index in [0.29, 0.717) is 6.42 Å². The van der Waals surface area contributed by atoms with Gasteiger partial charge in [-0.15, -0.1) is 0 Å². The van der Waals surface area contributed by atoms with Crippen LogP contribution in [-0.2, 0) is 19.1 Å². The van der Waals surface area contributed by atoms with E-state index in [2.05, 4.69) is 0 Å². The van der Waals surface area contributed by atoms with Crippen LogP contribution in [0.3, 0.4) is 0 Å². The summed E-state index contributed by atoms with van der Waals surface area (Å²) in [6, 6.07) is 0. The first-order valence-corrected chi connectivity index (χ1v) is 6.03. The van der Waals surface area contributed by atoms with Crippen LogP contribution in [0.1, 0.15) is 47.5 Å². The zero-order chi connectivity index (χ0) is 13.6. The zero-order valence-corrected chi connectivity index (χ0v) is 11.7. The average Bonchev–Trinajstić information content (AvgIpc) is 2.21. The van der Waals surface area contributed by atoms with Crippen LogP contribution >= 0.6 is 0 Å². The monoisotopic (exact) mass is 244 g/mol. The van der Waals surface area contributed by atoms with E-state index < -0.39 is 17.4 Å². The molecular formula is C13H24O4. The van der Waals surface area contributed by atoms with Gasteiger partial charge < -0.3 is 9.47 Å². The molecule has 0 radical (unpaired) electrons. The highest BCUT2D eigenvalue weighted by Gasteiger charge is 2.33. The van der Waals surface area contributed by atoms with Crippen LogP contribution in [-0.4, -0.2) is 24.6 Å². The predicted molar refractivity (Wildman–Crippen MR) is 65.4 cm³/mol. The summed E-state index contributed by atoms with van der Waals surface area (Å²) in [5, 5.41) is 0. The molecule has 4 heteroatoms. The van der Waals surface area contributed by atoms with E-state index in [1.807, 2.05) is 27.7 Å². The Morgan fingerprint density at radius 3 is 2.06 bits per heavy atom. The third-order valence-electron chi connectivity index (χ3n) is 2.49. The normalized spacial score (nSPS) is 14.9. The maximum absolute atomic E-state index is 11.9. The van der Waals surface area contributed by atoms with Gasteiger partial charge in [-0.25, -0.2) is 0 Å². The van der Waals surface area contributed by atoms with Gasteiger partial charge in [0, 0.05) is 0 Å². The lowest BCUT2D eigenvalue weighted by atomic mass is 9.90. The number of methoxy groups -OCH3 is 1. The minimum Gasteiger partial charge on any atom is -0.469 e. The molecule has 17 heavy (non-hydrogen) atoms. The quantitative estimate of drug-likeness (QED) is 0.697. The number of carbonyl (C=O) groups is 2. The molecule has 0 N–H and O–H groups in total. The summed E-state index contributed by atoms with van der Waals surface area (Å²) in [7, 11) is 1.34. The molecule has 0 aliphatic heterocycles. The maximum atomic E-state index is 11.9. The SMILES string of the molecule is CCCC(C(=O)OC)C(C)C(=O)OC(C)(C)C. The van der Waals surface area contributed by atoms with Crippen molar-refractivity contribution < 1.29 is 19.1 Å². The smallest absolute Gasteiger partial charge is 0.310 e. The lowest BCUT2D eigenvalue weighted by molar-refractivity contribution is -0.166. The van der Waals surface area contributed by atoms with E-state index in [9.17, 15) is 9.59 Å². The average molecular weight is 244 g/mol. The first kappa shape index (κ1) is 15.9. The maximum Gasteiger partial charge on any atom is 0.310 e. The lowest BCUT2D eigenvalue weighted by Gasteiger charge is -2.25. The van der Waals surface area contributed by atoms with E-state index in [-0.39, 0.29) is 11.9 Å². The summed E-state index contributed by atoms with van der Waals surface area (Å²) in [6.07, 6.45) is 1.46. The van der Waals surface area contributed by atoms with Gasteiger partial charge in [0.1, 0.15) is 5.60 Å². The van der Waals surface area contributed by atoms with Crippen LogP contribution in [0.25, 0.3) is 0 Å². The number of esters is 2. The summed E-state index contributed by atoms with van der Waals surface area (Å²) < 4.78 is 9.99. The largest absolute Gasteiger partial charge is 0.469 e. The van der Waals surface area contributed by atoms with Crippen molar-refractivity contribution in [2.45, 2.75) is 53.1 Å². The van der Waals surface area contributed by atoms with Crippen LogP contribution in [0.4, 0.5) is 0 Å². The third-order valence-corrected chi connectivity index (χ3v) is 2.49. The Hall–Kier alpha value is -1.06. The van der Waals surface area contributed by atoms with Crippen LogP contribution in [0.2, 0.25) is 0 Å². The molecule has 100 valence electrons. The Morgan fingerprint density at radius 1 is 1.18 bits per heavy atom. The topological polar surface area (TPSA) is 52.6 Å². The number of carbonyl (C=O) groups excluding carboxylic acids is 2. The van der Waals surface area contributed by atoms with E-state index in [1.165, 1.54) is 7.11 Å². The molecule has 0 aromatic heterocycles.